The molecule has 2 nitrogen and oxygen atoms in total. The van der Waals surface area contributed by atoms with Crippen molar-refractivity contribution in [3.63, 3.8) is 0 Å². The van der Waals surface area contributed by atoms with E-state index in [-0.39, 0.29) is 32.7 Å². The molecule has 0 heterocycles. The summed E-state index contributed by atoms with van der Waals surface area (Å²) in [4.78, 5) is 0. The third kappa shape index (κ3) is 9.00. The molecule has 0 rings (SSSR count). The fourth-order valence-corrected chi connectivity index (χ4v) is 0. The SMILES string of the molecule is CO[PH](C)=O.[Y]. The van der Waals surface area contributed by atoms with Crippen LogP contribution in [0.3, 0.4) is 0 Å². The van der Waals surface area contributed by atoms with Gasteiger partial charge in [0.25, 0.3) is 0 Å². The molecule has 6 heavy (non-hydrogen) atoms. The van der Waals surface area contributed by atoms with Crippen molar-refractivity contribution in [1.29, 1.82) is 0 Å². The Hall–Kier alpha value is 1.29. The Balaban J connectivity index is 0. The van der Waals surface area contributed by atoms with Gasteiger partial charge in [-0.1, -0.05) is 0 Å². The quantitative estimate of drug-likeness (QED) is 0.560. The van der Waals surface area contributed by atoms with Gasteiger partial charge >= 0.3 is 0 Å². The van der Waals surface area contributed by atoms with Crippen LogP contribution in [-0.2, 0) is 41.8 Å². The van der Waals surface area contributed by atoms with Crippen LogP contribution < -0.4 is 0 Å². The summed E-state index contributed by atoms with van der Waals surface area (Å²) in [5.41, 5.74) is 0. The van der Waals surface area contributed by atoms with Crippen molar-refractivity contribution in [2.45, 2.75) is 0 Å². The summed E-state index contributed by atoms with van der Waals surface area (Å²) in [5, 5.41) is 0. The molecule has 1 radical (unpaired) electrons. The standard InChI is InChI=1S/C2H7O2P.Y/c1-4-5(2)3;/h5H,1-2H3;. The van der Waals surface area contributed by atoms with E-state index in [2.05, 4.69) is 4.52 Å². The topological polar surface area (TPSA) is 26.3 Å². The van der Waals surface area contributed by atoms with Crippen molar-refractivity contribution in [1.82, 2.24) is 0 Å². The molecule has 35 valence electrons. The van der Waals surface area contributed by atoms with E-state index in [1.165, 1.54) is 7.11 Å². The van der Waals surface area contributed by atoms with E-state index in [1.54, 1.807) is 6.66 Å². The van der Waals surface area contributed by atoms with Gasteiger partial charge in [0.15, 0.2) is 8.03 Å². The van der Waals surface area contributed by atoms with Crippen molar-refractivity contribution in [2.75, 3.05) is 13.8 Å². The van der Waals surface area contributed by atoms with Gasteiger partial charge in [0.1, 0.15) is 0 Å². The zero-order valence-corrected chi connectivity index (χ0v) is 7.73. The van der Waals surface area contributed by atoms with Crippen LogP contribution >= 0.6 is 8.03 Å². The minimum absolute atomic E-state index is 0. The summed E-state index contributed by atoms with van der Waals surface area (Å²) in [7, 11) is -0.192. The maximum absolute atomic E-state index is 9.78. The van der Waals surface area contributed by atoms with Gasteiger partial charge < -0.3 is 4.52 Å². The van der Waals surface area contributed by atoms with E-state index < -0.39 is 8.03 Å². The summed E-state index contributed by atoms with van der Waals surface area (Å²) in [6.07, 6.45) is 0. The molecule has 0 fully saturated rings. The Bertz CT molecular complexity index is 46.8. The van der Waals surface area contributed by atoms with E-state index in [0.29, 0.717) is 0 Å². The summed E-state index contributed by atoms with van der Waals surface area (Å²) in [6.45, 7) is 1.55. The second kappa shape index (κ2) is 6.29. The molecule has 0 aliphatic heterocycles. The van der Waals surface area contributed by atoms with Crippen LogP contribution in [0.5, 0.6) is 0 Å². The maximum Gasteiger partial charge on any atom is 0.188 e. The smallest absolute Gasteiger partial charge is 0.188 e. The zero-order valence-electron chi connectivity index (χ0n) is 3.89. The molecule has 0 spiro atoms. The normalized spacial score (nSPS) is 12.3. The van der Waals surface area contributed by atoms with Crippen molar-refractivity contribution >= 4 is 8.03 Å². The third-order valence-corrected chi connectivity index (χ3v) is 0.862. The van der Waals surface area contributed by atoms with Gasteiger partial charge in [-0.2, -0.15) is 0 Å². The van der Waals surface area contributed by atoms with Crippen LogP contribution in [0.25, 0.3) is 0 Å². The van der Waals surface area contributed by atoms with Crippen LogP contribution in [-0.4, -0.2) is 13.8 Å². The summed E-state index contributed by atoms with van der Waals surface area (Å²) in [6, 6.07) is 0. The summed E-state index contributed by atoms with van der Waals surface area (Å²) in [5.74, 6) is 0. The molecule has 4 heteroatoms. The Morgan fingerprint density at radius 2 is 1.83 bits per heavy atom. The molecule has 0 aromatic heterocycles. The molecule has 0 bridgehead atoms. The summed E-state index contributed by atoms with van der Waals surface area (Å²) < 4.78 is 14.1. The number of hydrogen-bond donors (Lipinski definition) is 0. The first-order valence-electron chi connectivity index (χ1n) is 1.32. The van der Waals surface area contributed by atoms with Crippen molar-refractivity contribution in [3.8, 4) is 0 Å². The van der Waals surface area contributed by atoms with Gasteiger partial charge in [-0.15, -0.1) is 0 Å². The van der Waals surface area contributed by atoms with Gasteiger partial charge in [-0.05, 0) is 0 Å². The molecule has 0 amide bonds. The van der Waals surface area contributed by atoms with Gasteiger partial charge in [0.05, 0.1) is 0 Å². The largest absolute Gasteiger partial charge is 0.334 e. The average molecular weight is 183 g/mol. The molecular weight excluding hydrogens is 176 g/mol. The molecule has 0 aromatic carbocycles. The van der Waals surface area contributed by atoms with Crippen LogP contribution in [0.1, 0.15) is 0 Å². The maximum atomic E-state index is 9.78. The Kier molecular flexibility index (Phi) is 10.8. The average Bonchev–Trinajstić information content (AvgIpc) is 1.38. The van der Waals surface area contributed by atoms with Gasteiger partial charge in [0.2, 0.25) is 0 Å². The first-order chi connectivity index (χ1) is 2.27. The van der Waals surface area contributed by atoms with Crippen LogP contribution in [0.4, 0.5) is 0 Å². The first kappa shape index (κ1) is 10.3. The minimum atomic E-state index is -1.62. The van der Waals surface area contributed by atoms with Crippen molar-refractivity contribution in [2.24, 2.45) is 0 Å². The van der Waals surface area contributed by atoms with E-state index in [4.69, 9.17) is 0 Å². The molecule has 0 N–H and O–H groups in total. The molecule has 0 saturated carbocycles. The van der Waals surface area contributed by atoms with Gasteiger partial charge in [-0.3, -0.25) is 4.57 Å². The number of rotatable bonds is 1. The molecule has 1 atom stereocenters. The Morgan fingerprint density at radius 3 is 1.83 bits per heavy atom. The Morgan fingerprint density at radius 1 is 1.67 bits per heavy atom. The molecular formula is C2H7O2PY. The zero-order chi connectivity index (χ0) is 4.28. The summed E-state index contributed by atoms with van der Waals surface area (Å²) >= 11 is 0. The fraction of sp³-hybridized carbons (Fsp3) is 1.00. The third-order valence-electron chi connectivity index (χ3n) is 0.287. The molecule has 0 saturated heterocycles. The number of hydrogen-bond acceptors (Lipinski definition) is 2. The second-order valence-electron chi connectivity index (χ2n) is 0.696. The van der Waals surface area contributed by atoms with Crippen LogP contribution in [0, 0.1) is 0 Å². The van der Waals surface area contributed by atoms with E-state index >= 15 is 0 Å². The monoisotopic (exact) mass is 183 g/mol. The minimum Gasteiger partial charge on any atom is -0.334 e. The molecule has 0 aliphatic rings. The first-order valence-corrected chi connectivity index (χ1v) is 3.13. The fourth-order valence-electron chi connectivity index (χ4n) is 0. The van der Waals surface area contributed by atoms with Gasteiger partial charge in [0, 0.05) is 46.5 Å². The van der Waals surface area contributed by atoms with E-state index in [0.717, 1.165) is 0 Å². The molecule has 0 aliphatic carbocycles. The van der Waals surface area contributed by atoms with E-state index in [1.807, 2.05) is 0 Å². The van der Waals surface area contributed by atoms with Gasteiger partial charge in [-0.25, -0.2) is 0 Å². The van der Waals surface area contributed by atoms with Crippen molar-refractivity contribution in [3.05, 3.63) is 0 Å². The predicted octanol–water partition coefficient (Wildman–Crippen LogP) is 0.735. The van der Waals surface area contributed by atoms with Crippen LogP contribution in [0.2, 0.25) is 0 Å². The Labute approximate surface area is 63.4 Å². The van der Waals surface area contributed by atoms with E-state index in [9.17, 15) is 4.57 Å². The van der Waals surface area contributed by atoms with Crippen molar-refractivity contribution < 1.29 is 41.8 Å². The van der Waals surface area contributed by atoms with Crippen LogP contribution in [0.15, 0.2) is 0 Å². The molecule has 0 aromatic rings. The predicted molar refractivity (Wildman–Crippen MR) is 21.9 cm³/mol. The second-order valence-corrected chi connectivity index (χ2v) is 2.09. The molecule has 1 unspecified atom stereocenters.